The van der Waals surface area contributed by atoms with Gasteiger partial charge in [0.25, 0.3) is 0 Å². The van der Waals surface area contributed by atoms with E-state index in [1.807, 2.05) is 0 Å². The van der Waals surface area contributed by atoms with Crippen LogP contribution in [0.1, 0.15) is 53.9 Å². The van der Waals surface area contributed by atoms with Gasteiger partial charge in [0.05, 0.1) is 12.4 Å². The van der Waals surface area contributed by atoms with Gasteiger partial charge in [0.2, 0.25) is 10.0 Å². The van der Waals surface area contributed by atoms with Gasteiger partial charge in [-0.3, -0.25) is 4.79 Å². The summed E-state index contributed by atoms with van der Waals surface area (Å²) in [6.45, 7) is 10.9. The molecular weight excluding hydrogens is 278 g/mol. The lowest BCUT2D eigenvalue weighted by molar-refractivity contribution is -0.139. The Morgan fingerprint density at radius 2 is 1.85 bits per heavy atom. The van der Waals surface area contributed by atoms with E-state index in [1.54, 1.807) is 0 Å². The predicted molar refractivity (Wildman–Crippen MR) is 78.8 cm³/mol. The molecule has 1 unspecified atom stereocenters. The van der Waals surface area contributed by atoms with E-state index in [9.17, 15) is 13.2 Å². The second-order valence-electron chi connectivity index (χ2n) is 7.60. The van der Waals surface area contributed by atoms with Crippen molar-refractivity contribution in [3.8, 4) is 0 Å². The van der Waals surface area contributed by atoms with Crippen molar-refractivity contribution in [2.45, 2.75) is 59.9 Å². The van der Waals surface area contributed by atoms with Crippen LogP contribution in [-0.2, 0) is 19.6 Å². The van der Waals surface area contributed by atoms with Gasteiger partial charge in [-0.2, -0.15) is 0 Å². The van der Waals surface area contributed by atoms with Gasteiger partial charge in [0.1, 0.15) is 6.04 Å². The lowest BCUT2D eigenvalue weighted by atomic mass is 9.75. The Bertz CT molecular complexity index is 448. The average molecular weight is 305 g/mol. The molecule has 1 aliphatic heterocycles. The molecule has 0 amide bonds. The van der Waals surface area contributed by atoms with Crippen molar-refractivity contribution in [3.05, 3.63) is 0 Å². The summed E-state index contributed by atoms with van der Waals surface area (Å²) in [4.78, 5) is 11.3. The van der Waals surface area contributed by atoms with Crippen LogP contribution in [0.4, 0.5) is 0 Å². The van der Waals surface area contributed by atoms with Crippen LogP contribution in [-0.4, -0.2) is 32.8 Å². The molecule has 1 aliphatic rings. The molecule has 0 radical (unpaired) electrons. The van der Waals surface area contributed by atoms with Crippen molar-refractivity contribution in [3.63, 3.8) is 0 Å². The zero-order chi connectivity index (χ0) is 15.6. The zero-order valence-electron chi connectivity index (χ0n) is 13.2. The molecule has 0 bridgehead atoms. The maximum atomic E-state index is 12.0. The molecule has 118 valence electrons. The van der Waals surface area contributed by atoms with E-state index in [0.717, 1.165) is 6.42 Å². The van der Waals surface area contributed by atoms with Gasteiger partial charge in [-0.05, 0) is 23.7 Å². The first-order valence-corrected chi connectivity index (χ1v) is 8.72. The Morgan fingerprint density at radius 1 is 1.25 bits per heavy atom. The highest BCUT2D eigenvalue weighted by molar-refractivity contribution is 7.89. The van der Waals surface area contributed by atoms with Crippen molar-refractivity contribution in [1.82, 2.24) is 4.72 Å². The number of rotatable bonds is 6. The van der Waals surface area contributed by atoms with Gasteiger partial charge >= 0.3 is 5.97 Å². The third-order valence-corrected chi connectivity index (χ3v) is 4.70. The van der Waals surface area contributed by atoms with Crippen LogP contribution >= 0.6 is 0 Å². The van der Waals surface area contributed by atoms with E-state index in [2.05, 4.69) is 39.3 Å². The summed E-state index contributed by atoms with van der Waals surface area (Å²) in [5.41, 5.74) is 0.110. The maximum absolute atomic E-state index is 12.0. The maximum Gasteiger partial charge on any atom is 0.324 e. The monoisotopic (exact) mass is 305 g/mol. The van der Waals surface area contributed by atoms with E-state index < -0.39 is 22.0 Å². The molecule has 0 aromatic carbocycles. The highest BCUT2D eigenvalue weighted by Crippen LogP contribution is 2.35. The normalized spacial score (nSPS) is 21.1. The summed E-state index contributed by atoms with van der Waals surface area (Å²) in [6, 6.07) is -0.703. The summed E-state index contributed by atoms with van der Waals surface area (Å²) >= 11 is 0. The zero-order valence-corrected chi connectivity index (χ0v) is 14.0. The molecular formula is C14H27NO4S. The van der Waals surface area contributed by atoms with Gasteiger partial charge in [-0.25, -0.2) is 13.1 Å². The number of carbonyl (C=O) groups excluding carboxylic acids is 1. The third-order valence-electron chi connectivity index (χ3n) is 3.31. The molecule has 1 atom stereocenters. The molecule has 20 heavy (non-hydrogen) atoms. The largest absolute Gasteiger partial charge is 0.464 e. The second-order valence-corrected chi connectivity index (χ2v) is 9.47. The molecule has 0 saturated carbocycles. The number of carbonyl (C=O) groups is 1. The summed E-state index contributed by atoms with van der Waals surface area (Å²) in [5.74, 6) is -0.428. The molecule has 0 aliphatic carbocycles. The Balaban J connectivity index is 2.52. The van der Waals surface area contributed by atoms with Gasteiger partial charge in [0.15, 0.2) is 0 Å². The molecule has 1 fully saturated rings. The first-order chi connectivity index (χ1) is 8.90. The fraction of sp³-hybridized carbons (Fsp3) is 0.929. The fourth-order valence-corrected chi connectivity index (χ4v) is 4.40. The van der Waals surface area contributed by atoms with Crippen LogP contribution in [0.5, 0.6) is 0 Å². The Morgan fingerprint density at radius 3 is 2.30 bits per heavy atom. The first kappa shape index (κ1) is 17.4. The summed E-state index contributed by atoms with van der Waals surface area (Å²) < 4.78 is 31.2. The summed E-state index contributed by atoms with van der Waals surface area (Å²) in [5, 5.41) is 0. The van der Waals surface area contributed by atoms with Gasteiger partial charge in [-0.1, -0.05) is 34.6 Å². The number of hydrogen-bond acceptors (Lipinski definition) is 4. The van der Waals surface area contributed by atoms with Crippen molar-refractivity contribution in [1.29, 1.82) is 0 Å². The Labute approximate surface area is 122 Å². The smallest absolute Gasteiger partial charge is 0.324 e. The molecule has 5 nitrogen and oxygen atoms in total. The number of hydrogen-bond donors (Lipinski definition) is 1. The molecule has 0 spiro atoms. The highest BCUT2D eigenvalue weighted by Gasteiger charge is 2.32. The molecule has 0 aromatic heterocycles. The van der Waals surface area contributed by atoms with Crippen LogP contribution in [0.2, 0.25) is 0 Å². The summed E-state index contributed by atoms with van der Waals surface area (Å²) in [7, 11) is -3.44. The molecule has 6 heteroatoms. The quantitative estimate of drug-likeness (QED) is 0.763. The second kappa shape index (κ2) is 6.02. The van der Waals surface area contributed by atoms with E-state index >= 15 is 0 Å². The van der Waals surface area contributed by atoms with Crippen molar-refractivity contribution < 1.29 is 17.9 Å². The molecule has 1 heterocycles. The minimum absolute atomic E-state index is 0.0415. The number of ether oxygens (including phenoxy) is 1. The predicted octanol–water partition coefficient (Wildman–Crippen LogP) is 2.07. The van der Waals surface area contributed by atoms with Gasteiger partial charge < -0.3 is 4.74 Å². The number of nitrogens with one attached hydrogen (secondary N) is 1. The van der Waals surface area contributed by atoms with Crippen LogP contribution in [0, 0.1) is 10.8 Å². The number of esters is 1. The summed E-state index contributed by atoms with van der Waals surface area (Å²) in [6.07, 6.45) is 1.94. The van der Waals surface area contributed by atoms with E-state index in [0.29, 0.717) is 19.4 Å². The van der Waals surface area contributed by atoms with Crippen molar-refractivity contribution >= 4 is 16.0 Å². The van der Waals surface area contributed by atoms with Gasteiger partial charge in [-0.15, -0.1) is 0 Å². The SMILES string of the molecule is CC(C)(C)CC(C)(C)CCS(=O)(=O)NC1CCOC1=O. The lowest BCUT2D eigenvalue weighted by Gasteiger charge is -2.32. The first-order valence-electron chi connectivity index (χ1n) is 7.07. The van der Waals surface area contributed by atoms with Crippen molar-refractivity contribution in [2.24, 2.45) is 10.8 Å². The molecule has 1 saturated heterocycles. The van der Waals surface area contributed by atoms with E-state index in [-0.39, 0.29) is 16.6 Å². The molecule has 1 rings (SSSR count). The van der Waals surface area contributed by atoms with Crippen LogP contribution in [0.3, 0.4) is 0 Å². The van der Waals surface area contributed by atoms with Crippen LogP contribution < -0.4 is 4.72 Å². The lowest BCUT2D eigenvalue weighted by Crippen LogP contribution is -2.40. The standard InChI is InChI=1S/C14H27NO4S/c1-13(2,3)10-14(4,5)7-9-20(17,18)15-11-6-8-19-12(11)16/h11,15H,6-10H2,1-5H3. The third kappa shape index (κ3) is 6.22. The fourth-order valence-electron chi connectivity index (χ4n) is 2.81. The van der Waals surface area contributed by atoms with E-state index in [4.69, 9.17) is 4.74 Å². The van der Waals surface area contributed by atoms with Crippen molar-refractivity contribution in [2.75, 3.05) is 12.4 Å². The van der Waals surface area contributed by atoms with Gasteiger partial charge in [0, 0.05) is 6.42 Å². The Kier molecular flexibility index (Phi) is 5.24. The van der Waals surface area contributed by atoms with E-state index in [1.165, 1.54) is 0 Å². The topological polar surface area (TPSA) is 72.5 Å². The number of sulfonamides is 1. The van der Waals surface area contributed by atoms with Crippen LogP contribution in [0.25, 0.3) is 0 Å². The number of cyclic esters (lactones) is 1. The minimum Gasteiger partial charge on any atom is -0.464 e. The average Bonchev–Trinajstić information content (AvgIpc) is 2.58. The highest BCUT2D eigenvalue weighted by atomic mass is 32.2. The minimum atomic E-state index is -3.44. The Hall–Kier alpha value is -0.620. The van der Waals surface area contributed by atoms with Crippen LogP contribution in [0.15, 0.2) is 0 Å². The molecule has 0 aromatic rings. The molecule has 1 N–H and O–H groups in total.